The van der Waals surface area contributed by atoms with Crippen molar-refractivity contribution in [1.29, 1.82) is 0 Å². The molecular weight excluding hydrogens is 446 g/mol. The Balaban J connectivity index is 1.20. The van der Waals surface area contributed by atoms with Crippen LogP contribution in [0, 0.1) is 0 Å². The van der Waals surface area contributed by atoms with Gasteiger partial charge in [0, 0.05) is 37.2 Å². The van der Waals surface area contributed by atoms with Gasteiger partial charge in [-0.15, -0.1) is 0 Å². The van der Waals surface area contributed by atoms with E-state index in [0.29, 0.717) is 23.4 Å². The number of ether oxygens (including phenoxy) is 1. The highest BCUT2D eigenvalue weighted by molar-refractivity contribution is 6.30. The van der Waals surface area contributed by atoms with E-state index in [2.05, 4.69) is 23.1 Å². The molecule has 0 bridgehead atoms. The number of aryl methyl sites for hydroxylation is 1. The molecule has 3 aliphatic rings. The number of nitrogens with two attached hydrogens (primary N) is 1. The Kier molecular flexibility index (Phi) is 7.55. The Morgan fingerprint density at radius 1 is 1.03 bits per heavy atom. The molecule has 2 heterocycles. The largest absolute Gasteiger partial charge is 0.379 e. The monoisotopic (exact) mass is 481 g/mol. The fourth-order valence-electron chi connectivity index (χ4n) is 6.04. The Bertz CT molecular complexity index is 982. The maximum Gasteiger partial charge on any atom is 0.239 e. The smallest absolute Gasteiger partial charge is 0.239 e. The molecule has 2 fully saturated rings. The van der Waals surface area contributed by atoms with E-state index in [1.54, 1.807) is 5.56 Å². The number of halogens is 1. The third-order valence-electron chi connectivity index (χ3n) is 7.99. The van der Waals surface area contributed by atoms with Crippen molar-refractivity contribution in [1.82, 2.24) is 9.80 Å². The molecule has 2 unspecified atom stereocenters. The molecule has 2 saturated heterocycles. The highest BCUT2D eigenvalue weighted by Crippen LogP contribution is 2.36. The number of carbonyl (C=O) groups is 1. The van der Waals surface area contributed by atoms with Crippen LogP contribution in [0.15, 0.2) is 42.5 Å². The Morgan fingerprint density at radius 2 is 1.76 bits per heavy atom. The van der Waals surface area contributed by atoms with Gasteiger partial charge in [-0.25, -0.2) is 0 Å². The van der Waals surface area contributed by atoms with E-state index in [1.165, 1.54) is 24.0 Å². The van der Waals surface area contributed by atoms with E-state index in [1.807, 2.05) is 29.2 Å². The van der Waals surface area contributed by atoms with Crippen molar-refractivity contribution in [3.8, 4) is 0 Å². The molecule has 34 heavy (non-hydrogen) atoms. The Hall–Kier alpha value is -1.92. The topological polar surface area (TPSA) is 58.8 Å². The number of hydrogen-bond donors (Lipinski definition) is 1. The minimum Gasteiger partial charge on any atom is -0.379 e. The van der Waals surface area contributed by atoms with Crippen LogP contribution in [0.3, 0.4) is 0 Å². The van der Waals surface area contributed by atoms with E-state index in [9.17, 15) is 4.79 Å². The molecule has 2 N–H and O–H groups in total. The number of piperidine rings is 1. The number of carbonyl (C=O) groups excluding carboxylic acids is 1. The first kappa shape index (κ1) is 23.8. The average molecular weight is 482 g/mol. The zero-order valence-electron chi connectivity index (χ0n) is 19.9. The molecule has 2 atom stereocenters. The summed E-state index contributed by atoms with van der Waals surface area (Å²) >= 11 is 5.97. The molecule has 6 heteroatoms. The lowest BCUT2D eigenvalue weighted by Gasteiger charge is -2.39. The van der Waals surface area contributed by atoms with E-state index >= 15 is 0 Å². The minimum absolute atomic E-state index is 0.0656. The van der Waals surface area contributed by atoms with Crippen LogP contribution in [0.5, 0.6) is 0 Å². The number of rotatable bonds is 5. The summed E-state index contributed by atoms with van der Waals surface area (Å²) in [5, 5.41) is 0.699. The van der Waals surface area contributed by atoms with E-state index in [-0.39, 0.29) is 5.91 Å². The molecule has 0 radical (unpaired) electrons. The number of hydrogen-bond acceptors (Lipinski definition) is 4. The second-order valence-corrected chi connectivity index (χ2v) is 10.5. The van der Waals surface area contributed by atoms with Crippen LogP contribution in [0.2, 0.25) is 5.02 Å². The van der Waals surface area contributed by atoms with E-state index in [0.717, 1.165) is 64.2 Å². The van der Waals surface area contributed by atoms with Crippen molar-refractivity contribution in [3.63, 3.8) is 0 Å². The molecule has 182 valence electrons. The van der Waals surface area contributed by atoms with Gasteiger partial charge < -0.3 is 15.4 Å². The second-order valence-electron chi connectivity index (χ2n) is 10.1. The quantitative estimate of drug-likeness (QED) is 0.705. The van der Waals surface area contributed by atoms with Crippen LogP contribution >= 0.6 is 11.6 Å². The van der Waals surface area contributed by atoms with Crippen molar-refractivity contribution in [2.45, 2.75) is 56.5 Å². The van der Waals surface area contributed by atoms with Crippen LogP contribution in [0.4, 0.5) is 0 Å². The first-order valence-corrected chi connectivity index (χ1v) is 13.2. The third kappa shape index (κ3) is 5.33. The van der Waals surface area contributed by atoms with Gasteiger partial charge in [0.05, 0.1) is 19.3 Å². The number of nitrogens with zero attached hydrogens (tertiary/aromatic N) is 2. The van der Waals surface area contributed by atoms with Crippen LogP contribution < -0.4 is 5.73 Å². The van der Waals surface area contributed by atoms with Crippen LogP contribution in [0.25, 0.3) is 0 Å². The molecule has 2 aliphatic heterocycles. The number of amides is 1. The van der Waals surface area contributed by atoms with Gasteiger partial charge in [0.1, 0.15) is 0 Å². The summed E-state index contributed by atoms with van der Waals surface area (Å²) < 4.78 is 5.57. The molecule has 2 aromatic carbocycles. The van der Waals surface area contributed by atoms with Gasteiger partial charge in [-0.2, -0.15) is 0 Å². The SMILES string of the molecule is NC(Cc1ccc(Cl)cc1)C(=O)N1CCC(c2cccc3c2CC(N2CCOCC2)CC3)CC1. The summed E-state index contributed by atoms with van der Waals surface area (Å²) in [6.45, 7) is 5.40. The van der Waals surface area contributed by atoms with Crippen LogP contribution in [0.1, 0.15) is 47.4 Å². The fourth-order valence-corrected chi connectivity index (χ4v) is 6.17. The zero-order valence-corrected chi connectivity index (χ0v) is 20.7. The van der Waals surface area contributed by atoms with Gasteiger partial charge in [-0.3, -0.25) is 9.69 Å². The highest BCUT2D eigenvalue weighted by atomic mass is 35.5. The van der Waals surface area contributed by atoms with Gasteiger partial charge in [0.2, 0.25) is 5.91 Å². The predicted octanol–water partition coefficient (Wildman–Crippen LogP) is 3.81. The summed E-state index contributed by atoms with van der Waals surface area (Å²) in [7, 11) is 0. The lowest BCUT2D eigenvalue weighted by Crippen LogP contribution is -2.48. The Morgan fingerprint density at radius 3 is 2.50 bits per heavy atom. The maximum atomic E-state index is 13.0. The number of likely N-dealkylation sites (tertiary alicyclic amines) is 1. The van der Waals surface area contributed by atoms with Crippen molar-refractivity contribution in [3.05, 3.63) is 69.7 Å². The van der Waals surface area contributed by atoms with E-state index < -0.39 is 6.04 Å². The van der Waals surface area contributed by atoms with Crippen molar-refractivity contribution >= 4 is 17.5 Å². The van der Waals surface area contributed by atoms with E-state index in [4.69, 9.17) is 22.1 Å². The zero-order chi connectivity index (χ0) is 23.5. The molecule has 5 nitrogen and oxygen atoms in total. The predicted molar refractivity (Wildman–Crippen MR) is 136 cm³/mol. The van der Waals surface area contributed by atoms with Crippen LogP contribution in [-0.2, 0) is 28.8 Å². The van der Waals surface area contributed by atoms with Crippen molar-refractivity contribution in [2.24, 2.45) is 5.73 Å². The molecule has 5 rings (SSSR count). The molecule has 1 aliphatic carbocycles. The number of morpholine rings is 1. The standard InChI is InChI=1S/C28H36ClN3O2/c29-23-7-4-20(5-8-23)18-27(30)28(33)32-12-10-22(11-13-32)25-3-1-2-21-6-9-24(19-26(21)25)31-14-16-34-17-15-31/h1-5,7-8,22,24,27H,6,9-19,30H2. The Labute approximate surface area is 208 Å². The normalized spacial score (nSPS) is 22.9. The molecule has 0 spiro atoms. The molecule has 1 amide bonds. The first-order valence-electron chi connectivity index (χ1n) is 12.8. The summed E-state index contributed by atoms with van der Waals surface area (Å²) in [5.41, 5.74) is 12.0. The lowest BCUT2D eigenvalue weighted by atomic mass is 9.78. The molecular formula is C28H36ClN3O2. The summed E-state index contributed by atoms with van der Waals surface area (Å²) in [6.07, 6.45) is 6.13. The molecule has 2 aromatic rings. The average Bonchev–Trinajstić information content (AvgIpc) is 2.89. The maximum absolute atomic E-state index is 13.0. The second kappa shape index (κ2) is 10.8. The molecule has 0 saturated carbocycles. The lowest BCUT2D eigenvalue weighted by molar-refractivity contribution is -0.133. The van der Waals surface area contributed by atoms with Gasteiger partial charge >= 0.3 is 0 Å². The minimum atomic E-state index is -0.503. The van der Waals surface area contributed by atoms with Crippen LogP contribution in [-0.4, -0.2) is 67.2 Å². The van der Waals surface area contributed by atoms with Crippen molar-refractivity contribution < 1.29 is 9.53 Å². The van der Waals surface area contributed by atoms with Gasteiger partial charge in [0.25, 0.3) is 0 Å². The number of fused-ring (bicyclic) bond motifs is 1. The summed E-state index contributed by atoms with van der Waals surface area (Å²) in [6, 6.07) is 14.6. The summed E-state index contributed by atoms with van der Waals surface area (Å²) in [5.74, 6) is 0.589. The third-order valence-corrected chi connectivity index (χ3v) is 8.24. The fraction of sp³-hybridized carbons (Fsp3) is 0.536. The number of benzene rings is 2. The van der Waals surface area contributed by atoms with Gasteiger partial charge in [0.15, 0.2) is 0 Å². The molecule has 0 aromatic heterocycles. The summed E-state index contributed by atoms with van der Waals surface area (Å²) in [4.78, 5) is 17.6. The first-order chi connectivity index (χ1) is 16.6. The van der Waals surface area contributed by atoms with Crippen molar-refractivity contribution in [2.75, 3.05) is 39.4 Å². The van der Waals surface area contributed by atoms with Gasteiger partial charge in [-0.05, 0) is 78.8 Å². The van der Waals surface area contributed by atoms with Gasteiger partial charge in [-0.1, -0.05) is 41.9 Å². The highest BCUT2D eigenvalue weighted by Gasteiger charge is 2.31.